The molecule has 0 spiro atoms. The molecule has 0 saturated heterocycles. The van der Waals surface area contributed by atoms with Gasteiger partial charge in [0, 0.05) is 30.1 Å². The molecule has 19 heavy (non-hydrogen) atoms. The first-order valence-corrected chi connectivity index (χ1v) is 7.44. The number of nitrogens with two attached hydrogens (primary N) is 1. The molecule has 3 heteroatoms. The van der Waals surface area contributed by atoms with Crippen LogP contribution in [0.3, 0.4) is 0 Å². The third kappa shape index (κ3) is 4.66. The second kappa shape index (κ2) is 6.69. The van der Waals surface area contributed by atoms with Crippen molar-refractivity contribution in [3.05, 3.63) is 18.2 Å². The average molecular weight is 262 g/mol. The second-order valence-corrected chi connectivity index (χ2v) is 5.82. The van der Waals surface area contributed by atoms with E-state index in [1.165, 1.54) is 32.1 Å². The first-order valence-electron chi connectivity index (χ1n) is 7.44. The van der Waals surface area contributed by atoms with Gasteiger partial charge >= 0.3 is 0 Å². The van der Waals surface area contributed by atoms with Crippen LogP contribution in [-0.4, -0.2) is 12.6 Å². The van der Waals surface area contributed by atoms with Gasteiger partial charge in [-0.05, 0) is 32.3 Å². The SMILES string of the molecule is CC(C)Oc1cc(N)cc(NCCC2CCCC2)c1. The molecule has 1 aliphatic carbocycles. The summed E-state index contributed by atoms with van der Waals surface area (Å²) >= 11 is 0. The Labute approximate surface area is 116 Å². The van der Waals surface area contributed by atoms with Crippen molar-refractivity contribution in [3.63, 3.8) is 0 Å². The Morgan fingerprint density at radius 3 is 2.68 bits per heavy atom. The van der Waals surface area contributed by atoms with Gasteiger partial charge in [0.25, 0.3) is 0 Å². The second-order valence-electron chi connectivity index (χ2n) is 5.82. The van der Waals surface area contributed by atoms with Crippen LogP contribution in [0.25, 0.3) is 0 Å². The minimum absolute atomic E-state index is 0.174. The molecule has 0 atom stereocenters. The highest BCUT2D eigenvalue weighted by molar-refractivity contribution is 5.59. The molecule has 1 saturated carbocycles. The zero-order valence-electron chi connectivity index (χ0n) is 12.1. The van der Waals surface area contributed by atoms with Crippen molar-refractivity contribution in [2.45, 2.75) is 52.1 Å². The van der Waals surface area contributed by atoms with Gasteiger partial charge in [-0.15, -0.1) is 0 Å². The van der Waals surface area contributed by atoms with Crippen LogP contribution in [0.15, 0.2) is 18.2 Å². The van der Waals surface area contributed by atoms with E-state index in [9.17, 15) is 0 Å². The maximum atomic E-state index is 5.91. The van der Waals surface area contributed by atoms with Crippen LogP contribution in [0.4, 0.5) is 11.4 Å². The van der Waals surface area contributed by atoms with Gasteiger partial charge in [-0.3, -0.25) is 0 Å². The van der Waals surface area contributed by atoms with E-state index in [1.54, 1.807) is 0 Å². The number of benzene rings is 1. The summed E-state index contributed by atoms with van der Waals surface area (Å²) in [5.74, 6) is 1.76. The van der Waals surface area contributed by atoms with Gasteiger partial charge in [0.1, 0.15) is 5.75 Å². The van der Waals surface area contributed by atoms with Crippen molar-refractivity contribution in [3.8, 4) is 5.75 Å². The highest BCUT2D eigenvalue weighted by atomic mass is 16.5. The Morgan fingerprint density at radius 1 is 1.26 bits per heavy atom. The highest BCUT2D eigenvalue weighted by Crippen LogP contribution is 2.28. The lowest BCUT2D eigenvalue weighted by molar-refractivity contribution is 0.242. The van der Waals surface area contributed by atoms with Gasteiger partial charge in [-0.1, -0.05) is 25.7 Å². The molecule has 1 aromatic rings. The van der Waals surface area contributed by atoms with E-state index >= 15 is 0 Å². The lowest BCUT2D eigenvalue weighted by Crippen LogP contribution is -2.09. The number of hydrogen-bond donors (Lipinski definition) is 2. The lowest BCUT2D eigenvalue weighted by atomic mass is 10.0. The zero-order chi connectivity index (χ0) is 13.7. The molecule has 2 rings (SSSR count). The number of nitrogen functional groups attached to an aromatic ring is 1. The molecule has 1 aliphatic rings. The van der Waals surface area contributed by atoms with E-state index in [0.717, 1.165) is 29.6 Å². The van der Waals surface area contributed by atoms with Crippen LogP contribution >= 0.6 is 0 Å². The summed E-state index contributed by atoms with van der Waals surface area (Å²) in [7, 11) is 0. The summed E-state index contributed by atoms with van der Waals surface area (Å²) in [5.41, 5.74) is 7.72. The molecular weight excluding hydrogens is 236 g/mol. The van der Waals surface area contributed by atoms with Crippen molar-refractivity contribution in [1.29, 1.82) is 0 Å². The largest absolute Gasteiger partial charge is 0.491 e. The molecule has 106 valence electrons. The van der Waals surface area contributed by atoms with Gasteiger partial charge in [-0.25, -0.2) is 0 Å². The Morgan fingerprint density at radius 2 is 2.00 bits per heavy atom. The van der Waals surface area contributed by atoms with Crippen LogP contribution in [0.2, 0.25) is 0 Å². The Bertz CT molecular complexity index is 398. The van der Waals surface area contributed by atoms with Crippen molar-refractivity contribution in [2.24, 2.45) is 5.92 Å². The van der Waals surface area contributed by atoms with Crippen molar-refractivity contribution in [1.82, 2.24) is 0 Å². The first kappa shape index (κ1) is 14.0. The van der Waals surface area contributed by atoms with Gasteiger partial charge in [0.15, 0.2) is 0 Å². The van der Waals surface area contributed by atoms with Crippen LogP contribution in [0.5, 0.6) is 5.75 Å². The summed E-state index contributed by atoms with van der Waals surface area (Å²) in [4.78, 5) is 0. The van der Waals surface area contributed by atoms with E-state index in [-0.39, 0.29) is 6.10 Å². The van der Waals surface area contributed by atoms with Gasteiger partial charge < -0.3 is 15.8 Å². The summed E-state index contributed by atoms with van der Waals surface area (Å²) in [6, 6.07) is 5.88. The molecule has 0 unspecified atom stereocenters. The van der Waals surface area contributed by atoms with E-state index in [1.807, 2.05) is 32.0 Å². The standard InChI is InChI=1S/C16H26N2O/c1-12(2)19-16-10-14(17)9-15(11-16)18-8-7-13-5-3-4-6-13/h9-13,18H,3-8,17H2,1-2H3. The Kier molecular flexibility index (Phi) is 4.94. The third-order valence-electron chi connectivity index (χ3n) is 3.66. The Hall–Kier alpha value is -1.38. The zero-order valence-corrected chi connectivity index (χ0v) is 12.1. The molecule has 1 aromatic carbocycles. The number of nitrogens with one attached hydrogen (secondary N) is 1. The topological polar surface area (TPSA) is 47.3 Å². The molecule has 0 bridgehead atoms. The number of rotatable bonds is 6. The summed E-state index contributed by atoms with van der Waals surface area (Å²) < 4.78 is 5.70. The summed E-state index contributed by atoms with van der Waals surface area (Å²) in [5, 5.41) is 3.47. The molecule has 1 fully saturated rings. The van der Waals surface area contributed by atoms with Crippen LogP contribution < -0.4 is 15.8 Å². The maximum absolute atomic E-state index is 5.91. The fourth-order valence-electron chi connectivity index (χ4n) is 2.78. The van der Waals surface area contributed by atoms with Crippen molar-refractivity contribution >= 4 is 11.4 Å². The predicted molar refractivity (Wildman–Crippen MR) is 81.7 cm³/mol. The fraction of sp³-hybridized carbons (Fsp3) is 0.625. The lowest BCUT2D eigenvalue weighted by Gasteiger charge is -2.14. The normalized spacial score (nSPS) is 15.9. The number of anilines is 2. The number of hydrogen-bond acceptors (Lipinski definition) is 3. The Balaban J connectivity index is 1.86. The number of ether oxygens (including phenoxy) is 1. The average Bonchev–Trinajstić information content (AvgIpc) is 2.80. The molecule has 0 aromatic heterocycles. The van der Waals surface area contributed by atoms with Gasteiger partial charge in [-0.2, -0.15) is 0 Å². The molecule has 3 nitrogen and oxygen atoms in total. The first-order chi connectivity index (χ1) is 9.13. The van der Waals surface area contributed by atoms with Crippen LogP contribution in [0, 0.1) is 5.92 Å². The predicted octanol–water partition coefficient (Wildman–Crippen LogP) is 4.05. The molecular formula is C16H26N2O. The smallest absolute Gasteiger partial charge is 0.123 e. The molecule has 0 amide bonds. The van der Waals surface area contributed by atoms with Gasteiger partial charge in [0.05, 0.1) is 6.10 Å². The van der Waals surface area contributed by atoms with Crippen molar-refractivity contribution in [2.75, 3.05) is 17.6 Å². The monoisotopic (exact) mass is 262 g/mol. The fourth-order valence-corrected chi connectivity index (χ4v) is 2.78. The van der Waals surface area contributed by atoms with Gasteiger partial charge in [0.2, 0.25) is 0 Å². The van der Waals surface area contributed by atoms with E-state index in [2.05, 4.69) is 5.32 Å². The molecule has 0 radical (unpaired) electrons. The third-order valence-corrected chi connectivity index (χ3v) is 3.66. The summed E-state index contributed by atoms with van der Waals surface area (Å²) in [6.07, 6.45) is 7.06. The highest BCUT2D eigenvalue weighted by Gasteiger charge is 2.14. The van der Waals surface area contributed by atoms with E-state index in [4.69, 9.17) is 10.5 Å². The minimum atomic E-state index is 0.174. The van der Waals surface area contributed by atoms with Crippen LogP contribution in [-0.2, 0) is 0 Å². The molecule has 3 N–H and O–H groups in total. The van der Waals surface area contributed by atoms with Crippen LogP contribution in [0.1, 0.15) is 46.0 Å². The maximum Gasteiger partial charge on any atom is 0.123 e. The van der Waals surface area contributed by atoms with E-state index in [0.29, 0.717) is 0 Å². The van der Waals surface area contributed by atoms with Crippen molar-refractivity contribution < 1.29 is 4.74 Å². The van der Waals surface area contributed by atoms with E-state index < -0.39 is 0 Å². The molecule has 0 aliphatic heterocycles. The molecule has 0 heterocycles. The minimum Gasteiger partial charge on any atom is -0.491 e. The quantitative estimate of drug-likeness (QED) is 0.760. The summed E-state index contributed by atoms with van der Waals surface area (Å²) in [6.45, 7) is 5.07.